The minimum Gasteiger partial charge on any atom is -0.369 e. The van der Waals surface area contributed by atoms with Gasteiger partial charge in [-0.05, 0) is 16.5 Å². The van der Waals surface area contributed by atoms with Gasteiger partial charge in [-0.25, -0.2) is 4.98 Å². The van der Waals surface area contributed by atoms with Crippen LogP contribution in [-0.4, -0.2) is 15.5 Å². The lowest BCUT2D eigenvalue weighted by atomic mass is 9.87. The Balaban J connectivity index is 2.12. The summed E-state index contributed by atoms with van der Waals surface area (Å²) in [6.07, 6.45) is 3.01. The number of aromatic nitrogens is 2. The average Bonchev–Trinajstić information content (AvgIpc) is 2.45. The lowest BCUT2D eigenvalue weighted by molar-refractivity contribution is 0.590. The largest absolute Gasteiger partial charge is 0.369 e. The molecule has 0 aliphatic rings. The van der Waals surface area contributed by atoms with Crippen LogP contribution in [0.25, 0.3) is 0 Å². The Morgan fingerprint density at radius 2 is 1.91 bits per heavy atom. The highest BCUT2D eigenvalue weighted by Crippen LogP contribution is 2.22. The molecule has 0 aliphatic heterocycles. The summed E-state index contributed by atoms with van der Waals surface area (Å²) in [5, 5.41) is 18.5. The van der Waals surface area contributed by atoms with Crippen molar-refractivity contribution in [2.24, 2.45) is 5.73 Å². The number of nitrogen functional groups attached to an aromatic ring is 1. The predicted molar refractivity (Wildman–Crippen MR) is 87.9 cm³/mol. The lowest BCUT2D eigenvalue weighted by Crippen LogP contribution is -2.33. The van der Waals surface area contributed by atoms with Crippen molar-refractivity contribution in [2.45, 2.75) is 32.7 Å². The van der Waals surface area contributed by atoms with Crippen LogP contribution in [0.3, 0.4) is 0 Å². The van der Waals surface area contributed by atoms with Crippen molar-refractivity contribution in [2.75, 3.05) is 5.32 Å². The molecule has 6 nitrogen and oxygen atoms in total. The van der Waals surface area contributed by atoms with E-state index in [1.54, 1.807) is 0 Å². The van der Waals surface area contributed by atoms with Gasteiger partial charge in [-0.3, -0.25) is 15.4 Å². The molecule has 0 atom stereocenters. The van der Waals surface area contributed by atoms with E-state index < -0.39 is 0 Å². The molecule has 5 N–H and O–H groups in total. The molecule has 6 heteroatoms. The number of hydrogen-bond donors (Lipinski definition) is 4. The molecule has 0 saturated heterocycles. The third-order valence-corrected chi connectivity index (χ3v) is 3.42. The minimum absolute atomic E-state index is 0.0707. The van der Waals surface area contributed by atoms with Crippen molar-refractivity contribution < 1.29 is 0 Å². The monoisotopic (exact) mass is 298 g/mol. The maximum atomic E-state index is 7.98. The summed E-state index contributed by atoms with van der Waals surface area (Å²) in [5.74, 6) is 0.197. The second kappa shape index (κ2) is 6.01. The van der Waals surface area contributed by atoms with Gasteiger partial charge in [0.05, 0.1) is 0 Å². The maximum Gasteiger partial charge on any atom is 0.198 e. The smallest absolute Gasteiger partial charge is 0.198 e. The number of hydrogen-bond acceptors (Lipinski definition) is 4. The first-order valence-corrected chi connectivity index (χ1v) is 7.09. The van der Waals surface area contributed by atoms with Gasteiger partial charge in [0.2, 0.25) is 0 Å². The fourth-order valence-corrected chi connectivity index (χ4v) is 2.06. The highest BCUT2D eigenvalue weighted by Gasteiger charge is 2.12. The van der Waals surface area contributed by atoms with Gasteiger partial charge in [-0.2, -0.15) is 0 Å². The summed E-state index contributed by atoms with van der Waals surface area (Å²) >= 11 is 0. The molecule has 116 valence electrons. The Morgan fingerprint density at radius 1 is 1.27 bits per heavy atom. The Morgan fingerprint density at radius 3 is 2.45 bits per heavy atom. The molecule has 1 aromatic carbocycles. The summed E-state index contributed by atoms with van der Waals surface area (Å²) < 4.78 is 1.26. The van der Waals surface area contributed by atoms with E-state index in [0.29, 0.717) is 12.4 Å². The van der Waals surface area contributed by atoms with Gasteiger partial charge in [0.1, 0.15) is 0 Å². The van der Waals surface area contributed by atoms with Crippen molar-refractivity contribution in [3.8, 4) is 0 Å². The van der Waals surface area contributed by atoms with E-state index in [-0.39, 0.29) is 16.9 Å². The van der Waals surface area contributed by atoms with Crippen LogP contribution in [0.1, 0.15) is 31.9 Å². The van der Waals surface area contributed by atoms with Gasteiger partial charge in [-0.1, -0.05) is 45.0 Å². The topological polar surface area (TPSA) is 104 Å². The number of nitrogens with two attached hydrogens (primary N) is 1. The molecule has 0 radical (unpaired) electrons. The van der Waals surface area contributed by atoms with Gasteiger partial charge < -0.3 is 11.1 Å². The Kier molecular flexibility index (Phi) is 4.30. The van der Waals surface area contributed by atoms with E-state index in [9.17, 15) is 0 Å². The number of rotatable bonds is 3. The van der Waals surface area contributed by atoms with E-state index in [4.69, 9.17) is 16.6 Å². The van der Waals surface area contributed by atoms with Crippen molar-refractivity contribution in [1.82, 2.24) is 9.55 Å². The molecule has 0 saturated carbocycles. The third-order valence-electron chi connectivity index (χ3n) is 3.42. The van der Waals surface area contributed by atoms with Crippen LogP contribution in [0.2, 0.25) is 0 Å². The van der Waals surface area contributed by atoms with Crippen LogP contribution < -0.4 is 16.5 Å². The standard InChI is InChI=1S/C16H22N6/c1-16(2,3)12-6-4-11(5-7-12)10-21-14-13(17)22(15(18)19)9-8-20-14/h4-9,17H,10H2,1-3H3,(H3,18,19)(H,20,21). The zero-order chi connectivity index (χ0) is 16.3. The van der Waals surface area contributed by atoms with Crippen LogP contribution in [0, 0.1) is 10.8 Å². The number of nitrogens with zero attached hydrogens (tertiary/aromatic N) is 2. The van der Waals surface area contributed by atoms with E-state index in [0.717, 1.165) is 5.56 Å². The van der Waals surface area contributed by atoms with Crippen molar-refractivity contribution in [1.29, 1.82) is 10.8 Å². The van der Waals surface area contributed by atoms with E-state index in [1.165, 1.54) is 22.5 Å². The maximum absolute atomic E-state index is 7.98. The second-order valence-corrected chi connectivity index (χ2v) is 6.18. The minimum atomic E-state index is -0.204. The van der Waals surface area contributed by atoms with Crippen molar-refractivity contribution in [3.05, 3.63) is 53.3 Å². The van der Waals surface area contributed by atoms with Crippen LogP contribution in [0.15, 0.2) is 36.7 Å². The molecule has 0 spiro atoms. The van der Waals surface area contributed by atoms with Crippen LogP contribution in [0.4, 0.5) is 5.82 Å². The fourth-order valence-electron chi connectivity index (χ4n) is 2.06. The summed E-state index contributed by atoms with van der Waals surface area (Å²) in [6.45, 7) is 7.11. The molecule has 0 bridgehead atoms. The fraction of sp³-hybridized carbons (Fsp3) is 0.312. The average molecular weight is 298 g/mol. The molecular weight excluding hydrogens is 276 g/mol. The molecule has 1 heterocycles. The van der Waals surface area contributed by atoms with Crippen molar-refractivity contribution in [3.63, 3.8) is 0 Å². The summed E-state index contributed by atoms with van der Waals surface area (Å²) in [7, 11) is 0. The lowest BCUT2D eigenvalue weighted by Gasteiger charge is -2.19. The van der Waals surface area contributed by atoms with E-state index in [2.05, 4.69) is 55.3 Å². The first-order chi connectivity index (χ1) is 10.3. The molecule has 0 aliphatic carbocycles. The zero-order valence-electron chi connectivity index (χ0n) is 13.1. The first kappa shape index (κ1) is 15.8. The van der Waals surface area contributed by atoms with Gasteiger partial charge in [0.25, 0.3) is 0 Å². The van der Waals surface area contributed by atoms with Crippen LogP contribution in [0.5, 0.6) is 0 Å². The predicted octanol–water partition coefficient (Wildman–Crippen LogP) is 2.01. The van der Waals surface area contributed by atoms with E-state index in [1.807, 2.05) is 0 Å². The third kappa shape index (κ3) is 3.52. The molecule has 0 amide bonds. The quantitative estimate of drug-likeness (QED) is 0.514. The van der Waals surface area contributed by atoms with Gasteiger partial charge in [-0.15, -0.1) is 0 Å². The number of anilines is 1. The van der Waals surface area contributed by atoms with Gasteiger partial charge in [0, 0.05) is 18.9 Å². The van der Waals surface area contributed by atoms with E-state index >= 15 is 0 Å². The Labute approximate surface area is 130 Å². The Hall–Kier alpha value is -2.63. The molecule has 0 fully saturated rings. The summed E-state index contributed by atoms with van der Waals surface area (Å²) in [6, 6.07) is 8.37. The number of benzene rings is 1. The highest BCUT2D eigenvalue weighted by atomic mass is 15.2. The van der Waals surface area contributed by atoms with Crippen LogP contribution in [-0.2, 0) is 12.0 Å². The Bertz CT molecular complexity index is 722. The first-order valence-electron chi connectivity index (χ1n) is 7.09. The molecule has 22 heavy (non-hydrogen) atoms. The zero-order valence-corrected chi connectivity index (χ0v) is 13.1. The molecule has 0 unspecified atom stereocenters. The highest BCUT2D eigenvalue weighted by molar-refractivity contribution is 5.77. The number of nitrogens with one attached hydrogen (secondary N) is 3. The summed E-state index contributed by atoms with van der Waals surface area (Å²) in [5.41, 5.74) is 8.01. The summed E-state index contributed by atoms with van der Waals surface area (Å²) in [4.78, 5) is 4.12. The van der Waals surface area contributed by atoms with Gasteiger partial charge in [0.15, 0.2) is 17.3 Å². The van der Waals surface area contributed by atoms with Crippen LogP contribution >= 0.6 is 0 Å². The SMILES string of the molecule is CC(C)(C)c1ccc(CNc2nccn(C(=N)N)c2=N)cc1. The van der Waals surface area contributed by atoms with Gasteiger partial charge >= 0.3 is 0 Å². The second-order valence-electron chi connectivity index (χ2n) is 6.18. The molecule has 2 rings (SSSR count). The normalized spacial score (nSPS) is 11.2. The molecule has 2 aromatic rings. The van der Waals surface area contributed by atoms with Crippen molar-refractivity contribution >= 4 is 11.8 Å². The molecule has 1 aromatic heterocycles. The molecular formula is C16H22N6.